The molecule has 5 aromatic rings. The Labute approximate surface area is 179 Å². The molecule has 0 saturated carbocycles. The molecule has 0 saturated heterocycles. The van der Waals surface area contributed by atoms with Gasteiger partial charge in [0.25, 0.3) is 0 Å². The number of aromatic amines is 2. The Balaban J connectivity index is 1.54. The summed E-state index contributed by atoms with van der Waals surface area (Å²) in [5, 5.41) is 13.0. The molecule has 5 aromatic heterocycles. The highest BCUT2D eigenvalue weighted by Gasteiger charge is 2.16. The predicted molar refractivity (Wildman–Crippen MR) is 124 cm³/mol. The third-order valence-corrected chi connectivity index (χ3v) is 5.36. The van der Waals surface area contributed by atoms with E-state index in [0.717, 1.165) is 55.8 Å². The summed E-state index contributed by atoms with van der Waals surface area (Å²) in [5.74, 6) is 0. The van der Waals surface area contributed by atoms with Crippen LogP contribution < -0.4 is 5.32 Å². The van der Waals surface area contributed by atoms with Crippen LogP contribution in [0.25, 0.3) is 44.5 Å². The van der Waals surface area contributed by atoms with Gasteiger partial charge in [-0.1, -0.05) is 27.4 Å². The minimum Gasteiger partial charge on any atom is -0.358 e. The molecular weight excluding hydrogens is 386 g/mol. The molecule has 7 nitrogen and oxygen atoms in total. The van der Waals surface area contributed by atoms with Gasteiger partial charge in [-0.2, -0.15) is 5.10 Å². The number of hydrogen-bond acceptors (Lipinski definition) is 5. The van der Waals surface area contributed by atoms with Crippen molar-refractivity contribution in [1.82, 2.24) is 30.1 Å². The highest BCUT2D eigenvalue weighted by Crippen LogP contribution is 2.31. The van der Waals surface area contributed by atoms with Crippen LogP contribution in [0.2, 0.25) is 0 Å². The van der Waals surface area contributed by atoms with E-state index in [1.807, 2.05) is 30.6 Å². The van der Waals surface area contributed by atoms with Crippen molar-refractivity contribution in [2.75, 3.05) is 5.32 Å². The molecule has 0 aromatic carbocycles. The minimum absolute atomic E-state index is 0.0477. The van der Waals surface area contributed by atoms with Gasteiger partial charge in [0.1, 0.15) is 5.69 Å². The second-order valence-corrected chi connectivity index (χ2v) is 8.65. The van der Waals surface area contributed by atoms with Gasteiger partial charge in [-0.05, 0) is 24.3 Å². The van der Waals surface area contributed by atoms with Crippen molar-refractivity contribution in [2.24, 2.45) is 5.41 Å². The van der Waals surface area contributed by atoms with Gasteiger partial charge in [0.05, 0.1) is 35.0 Å². The van der Waals surface area contributed by atoms with Gasteiger partial charge < -0.3 is 10.3 Å². The summed E-state index contributed by atoms with van der Waals surface area (Å²) in [5.41, 5.74) is 7.19. The maximum absolute atomic E-state index is 4.61. The van der Waals surface area contributed by atoms with Crippen molar-refractivity contribution in [3.05, 3.63) is 67.5 Å². The van der Waals surface area contributed by atoms with Crippen LogP contribution in [0.3, 0.4) is 0 Å². The number of aromatic nitrogens is 6. The zero-order chi connectivity index (χ0) is 21.6. The van der Waals surface area contributed by atoms with Gasteiger partial charge in [-0.3, -0.25) is 20.1 Å². The van der Waals surface area contributed by atoms with E-state index < -0.39 is 0 Å². The molecule has 7 heteroatoms. The monoisotopic (exact) mass is 409 g/mol. The molecule has 0 aliphatic rings. The number of pyridine rings is 3. The molecule has 0 spiro atoms. The van der Waals surface area contributed by atoms with Crippen molar-refractivity contribution in [3.8, 4) is 22.6 Å². The number of nitrogens with one attached hydrogen (secondary N) is 3. The number of fused-ring (bicyclic) bond motifs is 2. The first kappa shape index (κ1) is 19.0. The van der Waals surface area contributed by atoms with Crippen LogP contribution in [-0.2, 0) is 0 Å². The number of anilines is 1. The lowest BCUT2D eigenvalue weighted by Gasteiger charge is -2.23. The highest BCUT2D eigenvalue weighted by atomic mass is 15.1. The molecule has 154 valence electrons. The maximum Gasteiger partial charge on any atom is 0.116 e. The van der Waals surface area contributed by atoms with Crippen LogP contribution in [-0.4, -0.2) is 30.1 Å². The van der Waals surface area contributed by atoms with Crippen molar-refractivity contribution in [2.45, 2.75) is 20.8 Å². The van der Waals surface area contributed by atoms with Crippen LogP contribution in [0.1, 0.15) is 20.8 Å². The standard InChI is InChI=1S/C24H23N7/c1-14(24(2,3)4)28-17-7-15(11-26-12-17)20-9-18-22(13-27-20)30-31-23(18)21-8-16-10-25-6-5-19(16)29-21/h5-13,28-29H,1H2,2-4H3,(H,30,31). The van der Waals surface area contributed by atoms with E-state index in [0.29, 0.717) is 0 Å². The summed E-state index contributed by atoms with van der Waals surface area (Å²) in [6.45, 7) is 10.5. The van der Waals surface area contributed by atoms with Crippen molar-refractivity contribution < 1.29 is 0 Å². The summed E-state index contributed by atoms with van der Waals surface area (Å²) < 4.78 is 0. The lowest BCUT2D eigenvalue weighted by atomic mass is 9.93. The fourth-order valence-corrected chi connectivity index (χ4v) is 3.39. The molecule has 0 radical (unpaired) electrons. The Morgan fingerprint density at radius 3 is 2.68 bits per heavy atom. The van der Waals surface area contributed by atoms with E-state index in [4.69, 9.17) is 0 Å². The first-order valence-corrected chi connectivity index (χ1v) is 10.1. The lowest BCUT2D eigenvalue weighted by molar-refractivity contribution is 0.509. The van der Waals surface area contributed by atoms with E-state index in [2.05, 4.69) is 68.9 Å². The number of rotatable bonds is 4. The first-order valence-electron chi connectivity index (χ1n) is 10.1. The molecule has 0 atom stereocenters. The topological polar surface area (TPSA) is 95.2 Å². The lowest BCUT2D eigenvalue weighted by Crippen LogP contribution is -2.15. The summed E-state index contributed by atoms with van der Waals surface area (Å²) >= 11 is 0. The normalized spacial score (nSPS) is 11.8. The highest BCUT2D eigenvalue weighted by molar-refractivity contribution is 5.96. The number of nitrogens with zero attached hydrogens (tertiary/aromatic N) is 4. The van der Waals surface area contributed by atoms with E-state index in [9.17, 15) is 0 Å². The predicted octanol–water partition coefficient (Wildman–Crippen LogP) is 5.53. The molecule has 0 aliphatic carbocycles. The average molecular weight is 409 g/mol. The van der Waals surface area contributed by atoms with Crippen molar-refractivity contribution >= 4 is 27.5 Å². The Morgan fingerprint density at radius 1 is 1.00 bits per heavy atom. The number of H-pyrrole nitrogens is 2. The summed E-state index contributed by atoms with van der Waals surface area (Å²) in [6.07, 6.45) is 9.02. The fourth-order valence-electron chi connectivity index (χ4n) is 3.39. The molecular formula is C24H23N7. The van der Waals surface area contributed by atoms with E-state index in [-0.39, 0.29) is 5.41 Å². The molecule has 0 amide bonds. The zero-order valence-corrected chi connectivity index (χ0v) is 17.7. The largest absolute Gasteiger partial charge is 0.358 e. The molecule has 5 heterocycles. The van der Waals surface area contributed by atoms with Crippen LogP contribution in [0.15, 0.2) is 67.5 Å². The Morgan fingerprint density at radius 2 is 1.87 bits per heavy atom. The second-order valence-electron chi connectivity index (χ2n) is 8.65. The van der Waals surface area contributed by atoms with Crippen LogP contribution in [0, 0.1) is 5.41 Å². The molecule has 0 bridgehead atoms. The van der Waals surface area contributed by atoms with Gasteiger partial charge in [-0.15, -0.1) is 0 Å². The van der Waals surface area contributed by atoms with E-state index in [1.54, 1.807) is 18.6 Å². The summed E-state index contributed by atoms with van der Waals surface area (Å²) in [7, 11) is 0. The van der Waals surface area contributed by atoms with Gasteiger partial charge in [0.15, 0.2) is 0 Å². The van der Waals surface area contributed by atoms with Crippen LogP contribution in [0.4, 0.5) is 5.69 Å². The Hall–Kier alpha value is -4.00. The smallest absolute Gasteiger partial charge is 0.116 e. The van der Waals surface area contributed by atoms with Gasteiger partial charge in [-0.25, -0.2) is 0 Å². The fraction of sp³-hybridized carbons (Fsp3) is 0.167. The number of hydrogen-bond donors (Lipinski definition) is 3. The van der Waals surface area contributed by atoms with Crippen molar-refractivity contribution in [3.63, 3.8) is 0 Å². The Bertz CT molecular complexity index is 1390. The molecule has 0 fully saturated rings. The Kier molecular flexibility index (Phi) is 4.32. The molecule has 3 N–H and O–H groups in total. The van der Waals surface area contributed by atoms with Crippen LogP contribution in [0.5, 0.6) is 0 Å². The SMILES string of the molecule is C=C(Nc1cncc(-c2cc3c(-c4cc5cnccc5[nH]4)n[nH]c3cn2)c1)C(C)(C)C. The molecule has 5 rings (SSSR count). The summed E-state index contributed by atoms with van der Waals surface area (Å²) in [6, 6.07) is 8.09. The zero-order valence-electron chi connectivity index (χ0n) is 17.7. The van der Waals surface area contributed by atoms with Crippen molar-refractivity contribution in [1.29, 1.82) is 0 Å². The molecule has 31 heavy (non-hydrogen) atoms. The first-order chi connectivity index (χ1) is 14.9. The van der Waals surface area contributed by atoms with Crippen LogP contribution >= 0.6 is 0 Å². The van der Waals surface area contributed by atoms with Gasteiger partial charge >= 0.3 is 0 Å². The third-order valence-electron chi connectivity index (χ3n) is 5.36. The van der Waals surface area contributed by atoms with E-state index >= 15 is 0 Å². The van der Waals surface area contributed by atoms with E-state index in [1.165, 1.54) is 0 Å². The minimum atomic E-state index is -0.0477. The average Bonchev–Trinajstić information content (AvgIpc) is 3.36. The summed E-state index contributed by atoms with van der Waals surface area (Å²) in [4.78, 5) is 16.6. The van der Waals surface area contributed by atoms with Gasteiger partial charge in [0, 0.05) is 51.6 Å². The maximum atomic E-state index is 4.61. The molecule has 0 unspecified atom stereocenters. The second kappa shape index (κ2) is 7.05. The quantitative estimate of drug-likeness (QED) is 0.362. The third kappa shape index (κ3) is 3.54. The molecule has 0 aliphatic heterocycles. The number of allylic oxidation sites excluding steroid dienone is 1. The van der Waals surface area contributed by atoms with Gasteiger partial charge in [0.2, 0.25) is 0 Å².